The molecule has 0 spiro atoms. The lowest BCUT2D eigenvalue weighted by atomic mass is 9.56. The minimum Gasteiger partial charge on any atom is -0.481 e. The van der Waals surface area contributed by atoms with E-state index in [0.717, 1.165) is 52.1 Å². The smallest absolute Gasteiger partial charge is 0.310 e. The molecule has 36 heavy (non-hydrogen) atoms. The van der Waals surface area contributed by atoms with Crippen LogP contribution in [0.25, 0.3) is 0 Å². The van der Waals surface area contributed by atoms with E-state index in [1.54, 1.807) is 0 Å². The van der Waals surface area contributed by atoms with E-state index in [0.29, 0.717) is 39.3 Å². The van der Waals surface area contributed by atoms with Crippen LogP contribution in [0.4, 0.5) is 0 Å². The average molecular weight is 515 g/mol. The van der Waals surface area contributed by atoms with Gasteiger partial charge in [-0.3, -0.25) is 29.0 Å². The number of hydrogen-bond acceptors (Lipinski definition) is 10. The van der Waals surface area contributed by atoms with Gasteiger partial charge in [-0.15, -0.1) is 0 Å². The van der Waals surface area contributed by atoms with Gasteiger partial charge in [-0.1, -0.05) is 0 Å². The number of nitrogens with zero attached hydrogens (tertiary/aromatic N) is 2. The molecule has 2 saturated heterocycles. The fourth-order valence-corrected chi connectivity index (χ4v) is 5.01. The largest absolute Gasteiger partial charge is 0.481 e. The van der Waals surface area contributed by atoms with Crippen molar-refractivity contribution in [3.63, 3.8) is 0 Å². The first-order valence-electron chi connectivity index (χ1n) is 12.8. The van der Waals surface area contributed by atoms with E-state index in [1.165, 1.54) is 0 Å². The van der Waals surface area contributed by atoms with Crippen LogP contribution in [-0.2, 0) is 38.1 Å². The average Bonchev–Trinajstić information content (AvgIpc) is 2.84. The van der Waals surface area contributed by atoms with Crippen molar-refractivity contribution >= 4 is 23.9 Å². The Balaban J connectivity index is 1.44. The van der Waals surface area contributed by atoms with E-state index < -0.39 is 47.5 Å². The Bertz CT molecular complexity index is 689. The van der Waals surface area contributed by atoms with Gasteiger partial charge < -0.3 is 29.2 Å². The third kappa shape index (κ3) is 7.86. The molecule has 3 rings (SSSR count). The Morgan fingerprint density at radius 3 is 1.31 bits per heavy atom. The Hall–Kier alpha value is -2.28. The molecule has 2 N–H and O–H groups in total. The SMILES string of the molecule is O=C(O)C1C(C(=O)O)C(C(=O)OCCCCN2CCOCC2)C1C(=O)OCCCCN1CCOCC1. The van der Waals surface area contributed by atoms with Crippen LogP contribution >= 0.6 is 0 Å². The van der Waals surface area contributed by atoms with Crippen LogP contribution in [0.3, 0.4) is 0 Å². The van der Waals surface area contributed by atoms with Gasteiger partial charge in [0, 0.05) is 26.2 Å². The lowest BCUT2D eigenvalue weighted by Gasteiger charge is -2.44. The van der Waals surface area contributed by atoms with Crippen molar-refractivity contribution in [2.45, 2.75) is 25.7 Å². The minimum atomic E-state index is -1.53. The molecule has 0 bridgehead atoms. The molecule has 0 aromatic carbocycles. The first-order valence-corrected chi connectivity index (χ1v) is 12.8. The number of rotatable bonds is 14. The normalized spacial score (nSPS) is 27.1. The predicted molar refractivity (Wildman–Crippen MR) is 124 cm³/mol. The fourth-order valence-electron chi connectivity index (χ4n) is 5.01. The zero-order valence-electron chi connectivity index (χ0n) is 20.7. The number of unbranched alkanes of at least 4 members (excludes halogenated alkanes) is 2. The van der Waals surface area contributed by atoms with Gasteiger partial charge in [0.1, 0.15) is 0 Å². The number of carbonyl (C=O) groups is 4. The maximum atomic E-state index is 12.7. The molecular formula is C24H38N2O10. The molecule has 2 aliphatic heterocycles. The summed E-state index contributed by atoms with van der Waals surface area (Å²) in [5.74, 6) is -10.4. The molecule has 4 unspecified atom stereocenters. The standard InChI is InChI=1S/C24H38N2O10/c27-21(28)17-18(22(29)30)20(24(32)36-12-4-2-6-26-9-15-34-16-10-26)19(17)23(31)35-11-3-1-5-25-7-13-33-14-8-25/h17-20H,1-16H2,(H,27,28)(H,29,30). The Morgan fingerprint density at radius 2 is 0.972 bits per heavy atom. The number of hydrogen-bond donors (Lipinski definition) is 2. The van der Waals surface area contributed by atoms with Gasteiger partial charge in [-0.25, -0.2) is 0 Å². The van der Waals surface area contributed by atoms with E-state index in [4.69, 9.17) is 18.9 Å². The number of esters is 2. The van der Waals surface area contributed by atoms with Crippen molar-refractivity contribution < 1.29 is 48.3 Å². The zero-order valence-corrected chi connectivity index (χ0v) is 20.7. The molecular weight excluding hydrogens is 476 g/mol. The molecule has 0 aromatic rings. The van der Waals surface area contributed by atoms with Crippen LogP contribution in [0.1, 0.15) is 25.7 Å². The summed E-state index contributed by atoms with van der Waals surface area (Å²) >= 11 is 0. The summed E-state index contributed by atoms with van der Waals surface area (Å²) in [6.07, 6.45) is 2.73. The predicted octanol–water partition coefficient (Wildman–Crippen LogP) is -0.0548. The molecule has 204 valence electrons. The molecule has 2 heterocycles. The van der Waals surface area contributed by atoms with E-state index >= 15 is 0 Å². The zero-order chi connectivity index (χ0) is 25.9. The summed E-state index contributed by atoms with van der Waals surface area (Å²) in [6.45, 7) is 8.05. The summed E-state index contributed by atoms with van der Waals surface area (Å²) in [4.78, 5) is 53.4. The minimum absolute atomic E-state index is 0.0764. The molecule has 0 aromatic heterocycles. The van der Waals surface area contributed by atoms with Crippen molar-refractivity contribution in [3.05, 3.63) is 0 Å². The Morgan fingerprint density at radius 1 is 0.611 bits per heavy atom. The van der Waals surface area contributed by atoms with Crippen LogP contribution < -0.4 is 0 Å². The van der Waals surface area contributed by atoms with Crippen LogP contribution in [-0.4, -0.2) is 123 Å². The van der Waals surface area contributed by atoms with Gasteiger partial charge >= 0.3 is 23.9 Å². The fraction of sp³-hybridized carbons (Fsp3) is 0.833. The molecule has 3 aliphatic rings. The first-order chi connectivity index (χ1) is 17.4. The highest BCUT2D eigenvalue weighted by Gasteiger charge is 2.65. The second-order valence-electron chi connectivity index (χ2n) is 9.44. The first kappa shape index (κ1) is 28.3. The van der Waals surface area contributed by atoms with Gasteiger partial charge in [0.05, 0.1) is 63.3 Å². The molecule has 12 nitrogen and oxygen atoms in total. The highest BCUT2D eigenvalue weighted by atomic mass is 16.5. The molecule has 3 fully saturated rings. The van der Waals surface area contributed by atoms with E-state index in [1.807, 2.05) is 0 Å². The maximum absolute atomic E-state index is 12.7. The third-order valence-corrected chi connectivity index (χ3v) is 7.10. The van der Waals surface area contributed by atoms with Crippen molar-refractivity contribution in [1.82, 2.24) is 9.80 Å². The Labute approximate surface area is 210 Å². The van der Waals surface area contributed by atoms with Gasteiger partial charge in [0.25, 0.3) is 0 Å². The van der Waals surface area contributed by atoms with Crippen LogP contribution in [0.15, 0.2) is 0 Å². The second-order valence-corrected chi connectivity index (χ2v) is 9.44. The highest BCUT2D eigenvalue weighted by molar-refractivity contribution is 5.96. The third-order valence-electron chi connectivity index (χ3n) is 7.10. The maximum Gasteiger partial charge on any atom is 0.310 e. The van der Waals surface area contributed by atoms with Gasteiger partial charge in [0.15, 0.2) is 0 Å². The molecule has 0 radical (unpaired) electrons. The lowest BCUT2D eigenvalue weighted by Crippen LogP contribution is -2.60. The van der Waals surface area contributed by atoms with E-state index in [2.05, 4.69) is 9.80 Å². The quantitative estimate of drug-likeness (QED) is 0.236. The van der Waals surface area contributed by atoms with Crippen LogP contribution in [0.2, 0.25) is 0 Å². The van der Waals surface area contributed by atoms with Crippen LogP contribution in [0, 0.1) is 23.7 Å². The van der Waals surface area contributed by atoms with Crippen molar-refractivity contribution in [3.8, 4) is 0 Å². The molecule has 1 saturated carbocycles. The Kier molecular flexibility index (Phi) is 11.4. The van der Waals surface area contributed by atoms with Crippen LogP contribution in [0.5, 0.6) is 0 Å². The summed E-state index contributed by atoms with van der Waals surface area (Å²) in [6, 6.07) is 0. The number of carbonyl (C=O) groups excluding carboxylic acids is 2. The van der Waals surface area contributed by atoms with Crippen molar-refractivity contribution in [2.75, 3.05) is 78.9 Å². The van der Waals surface area contributed by atoms with Crippen molar-refractivity contribution in [2.24, 2.45) is 23.7 Å². The van der Waals surface area contributed by atoms with E-state index in [-0.39, 0.29) is 13.2 Å². The monoisotopic (exact) mass is 514 g/mol. The number of morpholine rings is 2. The lowest BCUT2D eigenvalue weighted by molar-refractivity contribution is -0.196. The van der Waals surface area contributed by atoms with E-state index in [9.17, 15) is 29.4 Å². The molecule has 0 amide bonds. The summed E-state index contributed by atoms with van der Waals surface area (Å²) in [7, 11) is 0. The van der Waals surface area contributed by atoms with Gasteiger partial charge in [0.2, 0.25) is 0 Å². The summed E-state index contributed by atoms with van der Waals surface area (Å²) in [5.41, 5.74) is 0. The van der Waals surface area contributed by atoms with Gasteiger partial charge in [-0.2, -0.15) is 0 Å². The number of ether oxygens (including phenoxy) is 4. The van der Waals surface area contributed by atoms with Crippen molar-refractivity contribution in [1.29, 1.82) is 0 Å². The summed E-state index contributed by atoms with van der Waals surface area (Å²) < 4.78 is 21.2. The second kappa shape index (κ2) is 14.5. The van der Waals surface area contributed by atoms with Gasteiger partial charge in [-0.05, 0) is 38.8 Å². The topological polar surface area (TPSA) is 152 Å². The number of carboxylic acid groups (broad SMARTS) is 2. The molecule has 12 heteroatoms. The number of carboxylic acids is 2. The number of aliphatic carboxylic acids is 2. The summed E-state index contributed by atoms with van der Waals surface area (Å²) in [5, 5.41) is 19.1. The molecule has 4 atom stereocenters. The highest BCUT2D eigenvalue weighted by Crippen LogP contribution is 2.48. The molecule has 1 aliphatic carbocycles.